The minimum absolute atomic E-state index is 0.0794. The zero-order valence-electron chi connectivity index (χ0n) is 13.0. The summed E-state index contributed by atoms with van der Waals surface area (Å²) in [6, 6.07) is 3.02. The third-order valence-electron chi connectivity index (χ3n) is 4.37. The number of fused-ring (bicyclic) bond motifs is 1. The maximum atomic E-state index is 14.3. The molecule has 2 N–H and O–H groups in total. The summed E-state index contributed by atoms with van der Waals surface area (Å²) in [6.07, 6.45) is 4.13. The molecule has 1 heterocycles. The van der Waals surface area contributed by atoms with Gasteiger partial charge >= 0.3 is 0 Å². The first-order valence-corrected chi connectivity index (χ1v) is 8.14. The summed E-state index contributed by atoms with van der Waals surface area (Å²) in [4.78, 5) is 25.8. The predicted molar refractivity (Wildman–Crippen MR) is 83.7 cm³/mol. The Balaban J connectivity index is 1.81. The van der Waals surface area contributed by atoms with Crippen molar-refractivity contribution in [1.82, 2.24) is 4.90 Å². The minimum atomic E-state index is -0.594. The highest BCUT2D eigenvalue weighted by Gasteiger charge is 2.34. The van der Waals surface area contributed by atoms with Gasteiger partial charge in [-0.25, -0.2) is 4.39 Å². The minimum Gasteiger partial charge on any atom is -0.396 e. The second-order valence-electron chi connectivity index (χ2n) is 6.20. The van der Waals surface area contributed by atoms with E-state index in [0.717, 1.165) is 18.4 Å². The Bertz CT molecular complexity index is 629. The number of hydrogen-bond donors (Lipinski definition) is 2. The van der Waals surface area contributed by atoms with Gasteiger partial charge < -0.3 is 15.3 Å². The van der Waals surface area contributed by atoms with E-state index < -0.39 is 5.82 Å². The molecule has 0 spiro atoms. The molecule has 2 aliphatic rings. The number of nitrogens with zero attached hydrogens (tertiary/aromatic N) is 1. The van der Waals surface area contributed by atoms with E-state index >= 15 is 0 Å². The van der Waals surface area contributed by atoms with Crippen molar-refractivity contribution >= 4 is 17.5 Å². The molecule has 124 valence electrons. The van der Waals surface area contributed by atoms with Crippen LogP contribution in [-0.4, -0.2) is 41.0 Å². The van der Waals surface area contributed by atoms with Crippen LogP contribution in [0.25, 0.3) is 0 Å². The molecule has 1 saturated carbocycles. The quantitative estimate of drug-likeness (QED) is 0.789. The van der Waals surface area contributed by atoms with Crippen molar-refractivity contribution in [3.63, 3.8) is 0 Å². The van der Waals surface area contributed by atoms with Crippen LogP contribution in [0.15, 0.2) is 12.1 Å². The van der Waals surface area contributed by atoms with Gasteiger partial charge in [-0.3, -0.25) is 9.59 Å². The van der Waals surface area contributed by atoms with Crippen molar-refractivity contribution in [2.24, 2.45) is 0 Å². The summed E-state index contributed by atoms with van der Waals surface area (Å²) in [7, 11) is 0. The number of anilines is 1. The molecule has 1 aromatic rings. The molecule has 0 atom stereocenters. The molecule has 0 bridgehead atoms. The third-order valence-corrected chi connectivity index (χ3v) is 4.37. The van der Waals surface area contributed by atoms with E-state index in [0.29, 0.717) is 37.9 Å². The first-order chi connectivity index (χ1) is 11.1. The Hall–Kier alpha value is -1.95. The van der Waals surface area contributed by atoms with Gasteiger partial charge in [0.05, 0.1) is 5.56 Å². The van der Waals surface area contributed by atoms with Crippen molar-refractivity contribution in [1.29, 1.82) is 0 Å². The number of carbonyl (C=O) groups is 2. The molecule has 1 aliphatic carbocycles. The van der Waals surface area contributed by atoms with Gasteiger partial charge in [0.25, 0.3) is 5.91 Å². The van der Waals surface area contributed by atoms with Gasteiger partial charge in [0.2, 0.25) is 5.91 Å². The summed E-state index contributed by atoms with van der Waals surface area (Å²) in [5.74, 6) is -1.01. The van der Waals surface area contributed by atoms with Gasteiger partial charge in [-0.15, -0.1) is 0 Å². The lowest BCUT2D eigenvalue weighted by Crippen LogP contribution is -2.35. The van der Waals surface area contributed by atoms with Crippen molar-refractivity contribution < 1.29 is 19.1 Å². The third kappa shape index (κ3) is 3.52. The topological polar surface area (TPSA) is 69.6 Å². The molecule has 5 nitrogen and oxygen atoms in total. The number of nitrogens with one attached hydrogen (secondary N) is 1. The molecule has 2 amide bonds. The average molecular weight is 320 g/mol. The summed E-state index contributed by atoms with van der Waals surface area (Å²) in [5, 5.41) is 11.5. The second-order valence-corrected chi connectivity index (χ2v) is 6.20. The molecular weight excluding hydrogens is 299 g/mol. The molecule has 0 radical (unpaired) electrons. The average Bonchev–Trinajstić information content (AvgIpc) is 3.35. The highest BCUT2D eigenvalue weighted by atomic mass is 19.1. The van der Waals surface area contributed by atoms with Gasteiger partial charge in [0.15, 0.2) is 0 Å². The van der Waals surface area contributed by atoms with E-state index in [1.54, 1.807) is 11.0 Å². The molecule has 0 aromatic heterocycles. The fraction of sp³-hybridized carbons (Fsp3) is 0.529. The number of benzene rings is 1. The first-order valence-electron chi connectivity index (χ1n) is 8.14. The van der Waals surface area contributed by atoms with Crippen molar-refractivity contribution in [2.45, 2.75) is 44.6 Å². The highest BCUT2D eigenvalue weighted by molar-refractivity contribution is 5.98. The van der Waals surface area contributed by atoms with Crippen LogP contribution in [0.1, 0.15) is 48.0 Å². The largest absolute Gasteiger partial charge is 0.396 e. The van der Waals surface area contributed by atoms with Crippen LogP contribution in [0.5, 0.6) is 0 Å². The first kappa shape index (κ1) is 15.9. The SMILES string of the molecule is O=C1CCc2cc(C(=O)N(CCCCO)C3CC3)c(F)cc2N1. The maximum Gasteiger partial charge on any atom is 0.257 e. The molecular formula is C17H21FN2O3. The van der Waals surface area contributed by atoms with Gasteiger partial charge in [-0.05, 0) is 49.8 Å². The lowest BCUT2D eigenvalue weighted by molar-refractivity contribution is -0.116. The van der Waals surface area contributed by atoms with E-state index in [1.165, 1.54) is 6.07 Å². The summed E-state index contributed by atoms with van der Waals surface area (Å²) >= 11 is 0. The number of hydrogen-bond acceptors (Lipinski definition) is 3. The Kier molecular flexibility index (Phi) is 4.61. The van der Waals surface area contributed by atoms with Crippen LogP contribution in [-0.2, 0) is 11.2 Å². The van der Waals surface area contributed by atoms with Crippen LogP contribution in [0.2, 0.25) is 0 Å². The maximum absolute atomic E-state index is 14.3. The van der Waals surface area contributed by atoms with Crippen LogP contribution in [0.4, 0.5) is 10.1 Å². The molecule has 6 heteroatoms. The van der Waals surface area contributed by atoms with Crippen LogP contribution in [0.3, 0.4) is 0 Å². The van der Waals surface area contributed by atoms with E-state index in [2.05, 4.69) is 5.32 Å². The Morgan fingerprint density at radius 3 is 2.78 bits per heavy atom. The van der Waals surface area contributed by atoms with E-state index in [1.807, 2.05) is 0 Å². The molecule has 1 aliphatic heterocycles. The zero-order valence-corrected chi connectivity index (χ0v) is 13.0. The highest BCUT2D eigenvalue weighted by Crippen LogP contribution is 2.31. The molecule has 0 unspecified atom stereocenters. The normalized spacial score (nSPS) is 16.7. The lowest BCUT2D eigenvalue weighted by Gasteiger charge is -2.24. The number of aliphatic hydroxyl groups is 1. The van der Waals surface area contributed by atoms with Gasteiger partial charge in [-0.2, -0.15) is 0 Å². The number of aliphatic hydroxyl groups excluding tert-OH is 1. The van der Waals surface area contributed by atoms with Crippen molar-refractivity contribution in [2.75, 3.05) is 18.5 Å². The Morgan fingerprint density at radius 1 is 1.30 bits per heavy atom. The van der Waals surface area contributed by atoms with Gasteiger partial charge in [0.1, 0.15) is 5.82 Å². The zero-order chi connectivity index (χ0) is 16.4. The van der Waals surface area contributed by atoms with Crippen molar-refractivity contribution in [3.8, 4) is 0 Å². The molecule has 1 aromatic carbocycles. The van der Waals surface area contributed by atoms with Crippen LogP contribution < -0.4 is 5.32 Å². The molecule has 0 saturated heterocycles. The molecule has 3 rings (SSSR count). The van der Waals surface area contributed by atoms with E-state index in [4.69, 9.17) is 5.11 Å². The van der Waals surface area contributed by atoms with E-state index in [-0.39, 0.29) is 30.0 Å². The monoisotopic (exact) mass is 320 g/mol. The Morgan fingerprint density at radius 2 is 2.09 bits per heavy atom. The fourth-order valence-electron chi connectivity index (χ4n) is 2.95. The fourth-order valence-corrected chi connectivity index (χ4v) is 2.95. The lowest BCUT2D eigenvalue weighted by atomic mass is 9.99. The Labute approximate surface area is 134 Å². The second kappa shape index (κ2) is 6.66. The van der Waals surface area contributed by atoms with E-state index in [9.17, 15) is 14.0 Å². The molecule has 1 fully saturated rings. The number of unbranched alkanes of at least 4 members (excludes halogenated alkanes) is 1. The summed E-state index contributed by atoms with van der Waals surface area (Å²) in [5.41, 5.74) is 1.35. The smallest absolute Gasteiger partial charge is 0.257 e. The molecule has 23 heavy (non-hydrogen) atoms. The number of carbonyl (C=O) groups excluding carboxylic acids is 2. The summed E-state index contributed by atoms with van der Waals surface area (Å²) in [6.45, 7) is 0.636. The summed E-state index contributed by atoms with van der Waals surface area (Å²) < 4.78 is 14.3. The van der Waals surface area contributed by atoms with Crippen LogP contribution >= 0.6 is 0 Å². The number of rotatable bonds is 6. The van der Waals surface area contributed by atoms with Crippen LogP contribution in [0, 0.1) is 5.82 Å². The van der Waals surface area contributed by atoms with Crippen molar-refractivity contribution in [3.05, 3.63) is 29.1 Å². The predicted octanol–water partition coefficient (Wildman–Crippen LogP) is 2.09. The number of aryl methyl sites for hydroxylation is 1. The van der Waals surface area contributed by atoms with Gasteiger partial charge in [0, 0.05) is 31.3 Å². The number of amides is 2. The number of halogens is 1. The van der Waals surface area contributed by atoms with Gasteiger partial charge in [-0.1, -0.05) is 0 Å². The standard InChI is InChI=1S/C17H21FN2O3/c18-14-10-15-11(3-6-16(22)19-15)9-13(14)17(23)20(12-4-5-12)7-1-2-8-21/h9-10,12,21H,1-8H2,(H,19,22).